The lowest BCUT2D eigenvalue weighted by molar-refractivity contribution is -0.0498. The van der Waals surface area contributed by atoms with Gasteiger partial charge in [0.05, 0.1) is 25.3 Å². The van der Waals surface area contributed by atoms with Gasteiger partial charge < -0.3 is 19.4 Å². The molecule has 2 rings (SSSR count). The van der Waals surface area contributed by atoms with Gasteiger partial charge >= 0.3 is 6.61 Å². The van der Waals surface area contributed by atoms with Crippen molar-refractivity contribution in [2.45, 2.75) is 19.6 Å². The number of hydrogen-bond donors (Lipinski definition) is 1. The molecule has 0 aliphatic rings. The van der Waals surface area contributed by atoms with Crippen molar-refractivity contribution in [3.63, 3.8) is 0 Å². The van der Waals surface area contributed by atoms with E-state index in [-0.39, 0.29) is 5.75 Å². The fourth-order valence-electron chi connectivity index (χ4n) is 1.95. The maximum atomic E-state index is 12.1. The third kappa shape index (κ3) is 5.52. The van der Waals surface area contributed by atoms with Gasteiger partial charge in [-0.25, -0.2) is 0 Å². The number of hydrogen-bond acceptors (Lipinski definition) is 4. The Morgan fingerprint density at radius 2 is 2.08 bits per heavy atom. The average molecular weight is 351 g/mol. The second-order valence-corrected chi connectivity index (χ2v) is 5.13. The summed E-state index contributed by atoms with van der Waals surface area (Å²) < 4.78 is 33.9. The molecule has 0 bridgehead atoms. The fourth-order valence-corrected chi connectivity index (χ4v) is 2.22. The summed E-state index contributed by atoms with van der Waals surface area (Å²) in [6.45, 7) is -2.00. The Kier molecular flexibility index (Phi) is 6.51. The van der Waals surface area contributed by atoms with Crippen LogP contribution in [-0.4, -0.2) is 23.2 Å². The van der Waals surface area contributed by atoms with Crippen LogP contribution in [-0.2, 0) is 6.54 Å². The Morgan fingerprint density at radius 1 is 1.33 bits per heavy atom. The largest absolute Gasteiger partial charge is 0.467 e. The number of alkyl halides is 2. The summed E-state index contributed by atoms with van der Waals surface area (Å²) in [6.07, 6.45) is 1.87. The van der Waals surface area contributed by atoms with Gasteiger partial charge in [-0.1, -0.05) is 0 Å². The van der Waals surface area contributed by atoms with Crippen molar-refractivity contribution < 1.29 is 17.9 Å². The van der Waals surface area contributed by atoms with E-state index in [0.29, 0.717) is 30.3 Å². The lowest BCUT2D eigenvalue weighted by Crippen LogP contribution is -2.34. The first-order valence-electron chi connectivity index (χ1n) is 7.08. The summed E-state index contributed by atoms with van der Waals surface area (Å²) >= 11 is 5.36. The standard InChI is InChI=1S/C16H15F2N3O2S/c17-15(18)23-13-6-4-12(5-7-13)20-16(24)21(9-2-8-19)11-14-3-1-10-22-14/h1,3-7,10,15H,2,9,11H2,(H,20,24). The Balaban J connectivity index is 1.99. The molecule has 24 heavy (non-hydrogen) atoms. The highest BCUT2D eigenvalue weighted by Crippen LogP contribution is 2.18. The predicted molar refractivity (Wildman–Crippen MR) is 88.6 cm³/mol. The van der Waals surface area contributed by atoms with Crippen LogP contribution in [0.2, 0.25) is 0 Å². The minimum Gasteiger partial charge on any atom is -0.467 e. The maximum absolute atomic E-state index is 12.1. The van der Waals surface area contributed by atoms with Gasteiger partial charge in [-0.2, -0.15) is 14.0 Å². The molecule has 0 atom stereocenters. The van der Waals surface area contributed by atoms with Gasteiger partial charge in [-0.05, 0) is 48.6 Å². The normalized spacial score (nSPS) is 10.2. The Morgan fingerprint density at radius 3 is 2.67 bits per heavy atom. The second-order valence-electron chi connectivity index (χ2n) is 4.74. The van der Waals surface area contributed by atoms with Crippen LogP contribution in [0, 0.1) is 11.3 Å². The number of nitrogens with one attached hydrogen (secondary N) is 1. The number of furan rings is 1. The molecule has 0 saturated carbocycles. The average Bonchev–Trinajstić information content (AvgIpc) is 3.05. The van der Waals surface area contributed by atoms with Crippen LogP contribution in [0.25, 0.3) is 0 Å². The van der Waals surface area contributed by atoms with Crippen molar-refractivity contribution in [2.24, 2.45) is 0 Å². The van der Waals surface area contributed by atoms with Crippen LogP contribution < -0.4 is 10.1 Å². The first-order valence-corrected chi connectivity index (χ1v) is 7.49. The van der Waals surface area contributed by atoms with E-state index >= 15 is 0 Å². The van der Waals surface area contributed by atoms with Gasteiger partial charge in [0.2, 0.25) is 0 Å². The second kappa shape index (κ2) is 8.84. The summed E-state index contributed by atoms with van der Waals surface area (Å²) in [5.41, 5.74) is 0.628. The Hall–Kier alpha value is -2.66. The van der Waals surface area contributed by atoms with E-state index < -0.39 is 6.61 Å². The van der Waals surface area contributed by atoms with Crippen LogP contribution in [0.15, 0.2) is 47.1 Å². The number of halogens is 2. The number of nitrogens with zero attached hydrogens (tertiary/aromatic N) is 2. The third-order valence-corrected chi connectivity index (χ3v) is 3.40. The molecular formula is C16H15F2N3O2S. The quantitative estimate of drug-likeness (QED) is 0.761. The molecule has 0 unspecified atom stereocenters. The zero-order valence-corrected chi connectivity index (χ0v) is 13.4. The van der Waals surface area contributed by atoms with Gasteiger partial charge in [0.15, 0.2) is 5.11 Å². The fraction of sp³-hybridized carbons (Fsp3) is 0.250. The first kappa shape index (κ1) is 17.7. The Bertz CT molecular complexity index is 684. The van der Waals surface area contributed by atoms with Crippen molar-refractivity contribution in [1.82, 2.24) is 4.90 Å². The van der Waals surface area contributed by atoms with E-state index in [4.69, 9.17) is 21.9 Å². The van der Waals surface area contributed by atoms with E-state index in [1.165, 1.54) is 12.1 Å². The molecular weight excluding hydrogens is 336 g/mol. The topological polar surface area (TPSA) is 61.4 Å². The molecule has 8 heteroatoms. The van der Waals surface area contributed by atoms with Crippen molar-refractivity contribution in [1.29, 1.82) is 5.26 Å². The highest BCUT2D eigenvalue weighted by molar-refractivity contribution is 7.80. The number of anilines is 1. The van der Waals surface area contributed by atoms with Crippen LogP contribution in [0.5, 0.6) is 5.75 Å². The molecule has 1 aromatic carbocycles. The van der Waals surface area contributed by atoms with Crippen LogP contribution in [0.4, 0.5) is 14.5 Å². The van der Waals surface area contributed by atoms with Crippen molar-refractivity contribution in [3.8, 4) is 11.8 Å². The molecule has 126 valence electrons. The van der Waals surface area contributed by atoms with E-state index in [9.17, 15) is 8.78 Å². The third-order valence-electron chi connectivity index (χ3n) is 3.04. The van der Waals surface area contributed by atoms with E-state index in [0.717, 1.165) is 5.76 Å². The SMILES string of the molecule is N#CCCN(Cc1ccco1)C(=S)Nc1ccc(OC(F)F)cc1. The molecule has 0 radical (unpaired) electrons. The molecule has 5 nitrogen and oxygen atoms in total. The maximum Gasteiger partial charge on any atom is 0.387 e. The van der Waals surface area contributed by atoms with Gasteiger partial charge in [-0.3, -0.25) is 0 Å². The molecule has 0 fully saturated rings. The summed E-state index contributed by atoms with van der Waals surface area (Å²) in [5.74, 6) is 0.788. The number of nitriles is 1. The monoisotopic (exact) mass is 351 g/mol. The van der Waals surface area contributed by atoms with Crippen molar-refractivity contribution in [3.05, 3.63) is 48.4 Å². The van der Waals surface area contributed by atoms with E-state index in [1.54, 1.807) is 29.4 Å². The number of benzene rings is 1. The Labute approximate surface area is 143 Å². The lowest BCUT2D eigenvalue weighted by atomic mass is 10.3. The van der Waals surface area contributed by atoms with Gasteiger partial charge in [0.1, 0.15) is 11.5 Å². The van der Waals surface area contributed by atoms with Crippen molar-refractivity contribution >= 4 is 23.0 Å². The minimum atomic E-state index is -2.86. The summed E-state index contributed by atoms with van der Waals surface area (Å²) in [7, 11) is 0. The molecule has 0 aliphatic carbocycles. The van der Waals surface area contributed by atoms with E-state index in [1.807, 2.05) is 6.07 Å². The molecule has 2 aromatic rings. The highest BCUT2D eigenvalue weighted by Gasteiger charge is 2.12. The number of rotatable bonds is 7. The highest BCUT2D eigenvalue weighted by atomic mass is 32.1. The molecule has 1 heterocycles. The molecule has 0 saturated heterocycles. The van der Waals surface area contributed by atoms with E-state index in [2.05, 4.69) is 16.1 Å². The summed E-state index contributed by atoms with van der Waals surface area (Å²) in [4.78, 5) is 1.79. The van der Waals surface area contributed by atoms with Gasteiger partial charge in [0.25, 0.3) is 0 Å². The summed E-state index contributed by atoms with van der Waals surface area (Å²) in [5, 5.41) is 12.2. The molecule has 0 amide bonds. The minimum absolute atomic E-state index is 0.0680. The van der Waals surface area contributed by atoms with Gasteiger partial charge in [0, 0.05) is 12.2 Å². The zero-order chi connectivity index (χ0) is 17.4. The number of thiocarbonyl (C=S) groups is 1. The van der Waals surface area contributed by atoms with Crippen LogP contribution in [0.1, 0.15) is 12.2 Å². The first-order chi connectivity index (χ1) is 11.6. The summed E-state index contributed by atoms with van der Waals surface area (Å²) in [6, 6.07) is 11.7. The number of ether oxygens (including phenoxy) is 1. The smallest absolute Gasteiger partial charge is 0.387 e. The van der Waals surface area contributed by atoms with Crippen molar-refractivity contribution in [2.75, 3.05) is 11.9 Å². The predicted octanol–water partition coefficient (Wildman–Crippen LogP) is 3.99. The lowest BCUT2D eigenvalue weighted by Gasteiger charge is -2.24. The van der Waals surface area contributed by atoms with Gasteiger partial charge in [-0.15, -0.1) is 0 Å². The molecule has 0 aliphatic heterocycles. The zero-order valence-electron chi connectivity index (χ0n) is 12.6. The molecule has 0 spiro atoms. The van der Waals surface area contributed by atoms with Crippen LogP contribution >= 0.6 is 12.2 Å². The van der Waals surface area contributed by atoms with Crippen LogP contribution in [0.3, 0.4) is 0 Å². The molecule has 1 aromatic heterocycles. The molecule has 1 N–H and O–H groups in total.